The molecule has 2 heterocycles. The van der Waals surface area contributed by atoms with Crippen molar-refractivity contribution >= 4 is 11.3 Å². The average molecular weight is 292 g/mol. The monoisotopic (exact) mass is 292 g/mol. The maximum Gasteiger partial charge on any atom is 0.115 e. The van der Waals surface area contributed by atoms with Gasteiger partial charge in [-0.15, -0.1) is 11.3 Å². The number of aryl methyl sites for hydroxylation is 1. The third-order valence-electron chi connectivity index (χ3n) is 3.24. The topological polar surface area (TPSA) is 42.7 Å². The SMILES string of the molecule is CCc1cnc(C(C)n2cncc2CNC(C)(C)C)s1. The number of rotatable bonds is 5. The molecule has 4 nitrogen and oxygen atoms in total. The number of nitrogens with one attached hydrogen (secondary N) is 1. The largest absolute Gasteiger partial charge is 0.324 e. The molecule has 2 aromatic heterocycles. The van der Waals surface area contributed by atoms with Gasteiger partial charge in [0.05, 0.1) is 18.1 Å². The molecular formula is C15H24N4S. The highest BCUT2D eigenvalue weighted by molar-refractivity contribution is 7.11. The van der Waals surface area contributed by atoms with Crippen molar-refractivity contribution in [3.8, 4) is 0 Å². The van der Waals surface area contributed by atoms with E-state index in [4.69, 9.17) is 0 Å². The highest BCUT2D eigenvalue weighted by Crippen LogP contribution is 2.24. The van der Waals surface area contributed by atoms with Gasteiger partial charge in [0.25, 0.3) is 0 Å². The van der Waals surface area contributed by atoms with Crippen LogP contribution in [0.1, 0.15) is 56.2 Å². The van der Waals surface area contributed by atoms with Crippen molar-refractivity contribution < 1.29 is 0 Å². The first-order chi connectivity index (χ1) is 9.40. The molecule has 2 aromatic rings. The standard InChI is InChI=1S/C15H24N4S/c1-6-13-9-17-14(20-13)11(2)19-10-16-7-12(19)8-18-15(3,4)5/h7,9-11,18H,6,8H2,1-5H3. The van der Waals surface area contributed by atoms with Crippen LogP contribution in [0, 0.1) is 0 Å². The van der Waals surface area contributed by atoms with E-state index in [9.17, 15) is 0 Å². The molecule has 0 aliphatic carbocycles. The van der Waals surface area contributed by atoms with E-state index in [1.165, 1.54) is 10.6 Å². The predicted molar refractivity (Wildman–Crippen MR) is 84.1 cm³/mol. The van der Waals surface area contributed by atoms with Gasteiger partial charge in [0.1, 0.15) is 5.01 Å². The van der Waals surface area contributed by atoms with Crippen LogP contribution < -0.4 is 5.32 Å². The lowest BCUT2D eigenvalue weighted by molar-refractivity contribution is 0.413. The Hall–Kier alpha value is -1.20. The number of thiazole rings is 1. The minimum Gasteiger partial charge on any atom is -0.324 e. The molecule has 0 aliphatic heterocycles. The summed E-state index contributed by atoms with van der Waals surface area (Å²) in [5, 5.41) is 4.66. The molecule has 2 rings (SSSR count). The number of aromatic nitrogens is 3. The number of imidazole rings is 1. The lowest BCUT2D eigenvalue weighted by atomic mass is 10.1. The van der Waals surface area contributed by atoms with Crippen LogP contribution in [0.25, 0.3) is 0 Å². The second-order valence-corrected chi connectivity index (χ2v) is 7.24. The maximum absolute atomic E-state index is 4.54. The van der Waals surface area contributed by atoms with Crippen molar-refractivity contribution in [2.45, 2.75) is 59.2 Å². The Morgan fingerprint density at radius 1 is 1.35 bits per heavy atom. The number of hydrogen-bond acceptors (Lipinski definition) is 4. The molecule has 0 amide bonds. The van der Waals surface area contributed by atoms with Crippen LogP contribution in [0.4, 0.5) is 0 Å². The van der Waals surface area contributed by atoms with Crippen LogP contribution in [0.2, 0.25) is 0 Å². The summed E-state index contributed by atoms with van der Waals surface area (Å²) < 4.78 is 2.21. The minimum atomic E-state index is 0.106. The smallest absolute Gasteiger partial charge is 0.115 e. The fourth-order valence-corrected chi connectivity index (χ4v) is 2.88. The highest BCUT2D eigenvalue weighted by atomic mass is 32.1. The third kappa shape index (κ3) is 3.67. The van der Waals surface area contributed by atoms with E-state index in [1.807, 2.05) is 18.7 Å². The van der Waals surface area contributed by atoms with Gasteiger partial charge in [-0.3, -0.25) is 0 Å². The van der Waals surface area contributed by atoms with Gasteiger partial charge in [-0.05, 0) is 34.1 Å². The summed E-state index contributed by atoms with van der Waals surface area (Å²) in [7, 11) is 0. The molecule has 1 atom stereocenters. The van der Waals surface area contributed by atoms with Crippen LogP contribution in [0.15, 0.2) is 18.7 Å². The lowest BCUT2D eigenvalue weighted by Crippen LogP contribution is -2.35. The summed E-state index contributed by atoms with van der Waals surface area (Å²) in [6, 6.07) is 0.236. The molecule has 0 spiro atoms. The number of hydrogen-bond donors (Lipinski definition) is 1. The molecular weight excluding hydrogens is 268 g/mol. The Bertz CT molecular complexity index is 550. The van der Waals surface area contributed by atoms with E-state index >= 15 is 0 Å². The molecule has 0 bridgehead atoms. The molecule has 0 radical (unpaired) electrons. The first-order valence-corrected chi connectivity index (χ1v) is 7.92. The van der Waals surface area contributed by atoms with E-state index in [-0.39, 0.29) is 11.6 Å². The fraction of sp³-hybridized carbons (Fsp3) is 0.600. The van der Waals surface area contributed by atoms with E-state index in [0.29, 0.717) is 0 Å². The van der Waals surface area contributed by atoms with Crippen molar-refractivity contribution in [3.63, 3.8) is 0 Å². The van der Waals surface area contributed by atoms with Gasteiger partial charge in [-0.25, -0.2) is 9.97 Å². The van der Waals surface area contributed by atoms with Crippen molar-refractivity contribution in [1.82, 2.24) is 19.9 Å². The lowest BCUT2D eigenvalue weighted by Gasteiger charge is -2.22. The summed E-state index contributed by atoms with van der Waals surface area (Å²) in [5.74, 6) is 0. The Balaban J connectivity index is 2.14. The first-order valence-electron chi connectivity index (χ1n) is 7.11. The fourth-order valence-electron chi connectivity index (χ4n) is 1.97. The van der Waals surface area contributed by atoms with Gasteiger partial charge in [-0.1, -0.05) is 6.92 Å². The van der Waals surface area contributed by atoms with Gasteiger partial charge in [-0.2, -0.15) is 0 Å². The van der Waals surface area contributed by atoms with Crippen molar-refractivity contribution in [2.75, 3.05) is 0 Å². The summed E-state index contributed by atoms with van der Waals surface area (Å²) in [5.41, 5.74) is 1.30. The molecule has 1 N–H and O–H groups in total. The molecule has 1 unspecified atom stereocenters. The zero-order valence-electron chi connectivity index (χ0n) is 13.0. The van der Waals surface area contributed by atoms with Gasteiger partial charge in [0.2, 0.25) is 0 Å². The first kappa shape index (κ1) is 15.2. The summed E-state index contributed by atoms with van der Waals surface area (Å²) >= 11 is 1.79. The van der Waals surface area contributed by atoms with Crippen LogP contribution >= 0.6 is 11.3 Å². The highest BCUT2D eigenvalue weighted by Gasteiger charge is 2.16. The van der Waals surface area contributed by atoms with Crippen LogP contribution in [0.3, 0.4) is 0 Å². The molecule has 0 aromatic carbocycles. The molecule has 5 heteroatoms. The summed E-state index contributed by atoms with van der Waals surface area (Å²) in [6.45, 7) is 11.7. The summed E-state index contributed by atoms with van der Waals surface area (Å²) in [4.78, 5) is 10.2. The molecule has 0 saturated heterocycles. The van der Waals surface area contributed by atoms with Crippen molar-refractivity contribution in [2.24, 2.45) is 0 Å². The van der Waals surface area contributed by atoms with Crippen molar-refractivity contribution in [1.29, 1.82) is 0 Å². The van der Waals surface area contributed by atoms with E-state index in [2.05, 4.69) is 54.5 Å². The van der Waals surface area contributed by atoms with Gasteiger partial charge < -0.3 is 9.88 Å². The van der Waals surface area contributed by atoms with Gasteiger partial charge in [0, 0.05) is 29.4 Å². The Kier molecular flexibility index (Phi) is 4.60. The molecule has 0 saturated carbocycles. The molecule has 20 heavy (non-hydrogen) atoms. The third-order valence-corrected chi connectivity index (χ3v) is 4.55. The van der Waals surface area contributed by atoms with Crippen LogP contribution in [0.5, 0.6) is 0 Å². The van der Waals surface area contributed by atoms with Crippen molar-refractivity contribution in [3.05, 3.63) is 34.3 Å². The van der Waals surface area contributed by atoms with E-state index < -0.39 is 0 Å². The van der Waals surface area contributed by atoms with E-state index in [0.717, 1.165) is 18.0 Å². The summed E-state index contributed by atoms with van der Waals surface area (Å²) in [6.07, 6.45) is 6.87. The normalized spacial score (nSPS) is 13.7. The van der Waals surface area contributed by atoms with Crippen LogP contribution in [-0.4, -0.2) is 20.1 Å². The quantitative estimate of drug-likeness (QED) is 0.918. The second-order valence-electron chi connectivity index (χ2n) is 6.09. The van der Waals surface area contributed by atoms with Gasteiger partial charge in [0.15, 0.2) is 0 Å². The van der Waals surface area contributed by atoms with Gasteiger partial charge >= 0.3 is 0 Å². The van der Waals surface area contributed by atoms with Crippen LogP contribution in [-0.2, 0) is 13.0 Å². The Morgan fingerprint density at radius 2 is 2.10 bits per heavy atom. The second kappa shape index (κ2) is 6.06. The number of nitrogens with zero attached hydrogens (tertiary/aromatic N) is 3. The zero-order valence-corrected chi connectivity index (χ0v) is 13.8. The molecule has 110 valence electrons. The Morgan fingerprint density at radius 3 is 2.70 bits per heavy atom. The van der Waals surface area contributed by atoms with E-state index in [1.54, 1.807) is 11.3 Å². The molecule has 0 fully saturated rings. The predicted octanol–water partition coefficient (Wildman–Crippen LogP) is 3.40. The molecule has 0 aliphatic rings. The Labute approximate surface area is 125 Å². The zero-order chi connectivity index (χ0) is 14.8. The minimum absolute atomic E-state index is 0.106. The average Bonchev–Trinajstić information content (AvgIpc) is 3.03. The maximum atomic E-state index is 4.54.